The lowest BCUT2D eigenvalue weighted by molar-refractivity contribution is -0.296. The number of aliphatic hydroxyl groups is 2. The fourth-order valence-electron chi connectivity index (χ4n) is 3.38. The molecule has 0 bridgehead atoms. The highest BCUT2D eigenvalue weighted by Crippen LogP contribution is 2.41. The van der Waals surface area contributed by atoms with E-state index in [4.69, 9.17) is 14.6 Å². The van der Waals surface area contributed by atoms with Crippen molar-refractivity contribution in [2.45, 2.75) is 36.8 Å². The summed E-state index contributed by atoms with van der Waals surface area (Å²) in [5.41, 5.74) is 1.11. The topological polar surface area (TPSA) is 105 Å². The third-order valence-corrected chi connectivity index (χ3v) is 5.08. The summed E-state index contributed by atoms with van der Waals surface area (Å²) in [6, 6.07) is 10.6. The maximum Gasteiger partial charge on any atom is 0.505 e. The molecule has 2 aromatic rings. The number of benzene rings is 2. The lowest BCUT2D eigenvalue weighted by Gasteiger charge is -2.42. The summed E-state index contributed by atoms with van der Waals surface area (Å²) in [5, 5.41) is 28.7. The van der Waals surface area contributed by atoms with Crippen molar-refractivity contribution in [2.75, 3.05) is 13.7 Å². The van der Waals surface area contributed by atoms with Crippen molar-refractivity contribution in [1.29, 1.82) is 0 Å². The van der Waals surface area contributed by atoms with Crippen molar-refractivity contribution in [1.82, 2.24) is 0 Å². The fourth-order valence-corrected chi connectivity index (χ4v) is 3.38. The van der Waals surface area contributed by atoms with Crippen LogP contribution >= 0.6 is 0 Å². The van der Waals surface area contributed by atoms with Gasteiger partial charge in [-0.05, 0) is 41.0 Å². The molecule has 3 N–H and O–H groups in total. The van der Waals surface area contributed by atoms with Crippen LogP contribution in [0.3, 0.4) is 0 Å². The predicted octanol–water partition coefficient (Wildman–Crippen LogP) is 2.92. The molecule has 0 spiro atoms. The van der Waals surface area contributed by atoms with E-state index in [0.29, 0.717) is 5.75 Å². The van der Waals surface area contributed by atoms with Gasteiger partial charge in [0.25, 0.3) is 0 Å². The van der Waals surface area contributed by atoms with Crippen LogP contribution in [0.5, 0.6) is 5.75 Å². The van der Waals surface area contributed by atoms with E-state index >= 15 is 0 Å². The van der Waals surface area contributed by atoms with Gasteiger partial charge in [-0.3, -0.25) is 0 Å². The zero-order valence-electron chi connectivity index (χ0n) is 16.4. The van der Waals surface area contributed by atoms with Crippen molar-refractivity contribution in [3.63, 3.8) is 0 Å². The van der Waals surface area contributed by atoms with Crippen LogP contribution in [0.1, 0.15) is 22.8 Å². The SMILES string of the molecule is COc1ccc(Cc2cc(C3OC(COC(=O)O)C(F)(F)C(O)C3O)ccc2F)cc1. The van der Waals surface area contributed by atoms with Gasteiger partial charge in [0.1, 0.15) is 36.5 Å². The molecule has 0 radical (unpaired) electrons. The van der Waals surface area contributed by atoms with Crippen LogP contribution in [-0.2, 0) is 15.9 Å². The molecule has 1 saturated heterocycles. The van der Waals surface area contributed by atoms with Gasteiger partial charge < -0.3 is 29.5 Å². The monoisotopic (exact) mass is 442 g/mol. The molecule has 168 valence electrons. The Morgan fingerprint density at radius 1 is 1.16 bits per heavy atom. The summed E-state index contributed by atoms with van der Waals surface area (Å²) >= 11 is 0. The lowest BCUT2D eigenvalue weighted by atomic mass is 9.89. The average Bonchev–Trinajstić information content (AvgIpc) is 2.74. The number of alkyl halides is 2. The third-order valence-electron chi connectivity index (χ3n) is 5.08. The molecule has 10 heteroatoms. The first-order valence-electron chi connectivity index (χ1n) is 9.30. The second-order valence-electron chi connectivity index (χ2n) is 7.11. The number of carbonyl (C=O) groups is 1. The summed E-state index contributed by atoms with van der Waals surface area (Å²) in [7, 11) is 1.51. The Labute approximate surface area is 175 Å². The highest BCUT2D eigenvalue weighted by molar-refractivity contribution is 5.56. The van der Waals surface area contributed by atoms with Crippen LogP contribution in [0.2, 0.25) is 0 Å². The first-order chi connectivity index (χ1) is 14.6. The number of halogens is 3. The van der Waals surface area contributed by atoms with Crippen LogP contribution in [-0.4, -0.2) is 59.4 Å². The quantitative estimate of drug-likeness (QED) is 0.591. The number of hydrogen-bond acceptors (Lipinski definition) is 6. The highest BCUT2D eigenvalue weighted by Gasteiger charge is 2.58. The van der Waals surface area contributed by atoms with Gasteiger partial charge >= 0.3 is 12.1 Å². The van der Waals surface area contributed by atoms with Gasteiger partial charge in [0.2, 0.25) is 0 Å². The van der Waals surface area contributed by atoms with Crippen molar-refractivity contribution in [3.8, 4) is 5.75 Å². The molecule has 0 aromatic heterocycles. The first kappa shape index (κ1) is 22.9. The van der Waals surface area contributed by atoms with E-state index in [9.17, 15) is 28.2 Å². The molecule has 1 fully saturated rings. The Kier molecular flexibility index (Phi) is 6.73. The Morgan fingerprint density at radius 3 is 2.45 bits per heavy atom. The Hall–Kier alpha value is -2.82. The summed E-state index contributed by atoms with van der Waals surface area (Å²) in [5.74, 6) is -3.89. The van der Waals surface area contributed by atoms with Crippen LogP contribution in [0.15, 0.2) is 42.5 Å². The van der Waals surface area contributed by atoms with Crippen molar-refractivity contribution in [2.24, 2.45) is 0 Å². The molecule has 0 amide bonds. The molecule has 2 aromatic carbocycles. The highest BCUT2D eigenvalue weighted by atomic mass is 19.3. The number of hydrogen-bond donors (Lipinski definition) is 3. The van der Waals surface area contributed by atoms with Crippen molar-refractivity contribution < 1.29 is 47.5 Å². The van der Waals surface area contributed by atoms with Crippen LogP contribution in [0, 0.1) is 5.82 Å². The van der Waals surface area contributed by atoms with Crippen LogP contribution in [0.25, 0.3) is 0 Å². The molecule has 1 heterocycles. The number of aliphatic hydroxyl groups excluding tert-OH is 2. The molecular formula is C21H21F3O7. The molecule has 4 atom stereocenters. The molecule has 1 aliphatic heterocycles. The molecule has 4 unspecified atom stereocenters. The van der Waals surface area contributed by atoms with E-state index in [2.05, 4.69) is 4.74 Å². The van der Waals surface area contributed by atoms with Gasteiger partial charge in [-0.1, -0.05) is 18.2 Å². The van der Waals surface area contributed by atoms with Gasteiger partial charge in [0.05, 0.1) is 7.11 Å². The fraction of sp³-hybridized carbons (Fsp3) is 0.381. The number of ether oxygens (including phenoxy) is 3. The second-order valence-corrected chi connectivity index (χ2v) is 7.11. The zero-order chi connectivity index (χ0) is 22.8. The standard InChI is InChI=1S/C21H21F3O7/c1-29-14-5-2-11(3-6-14)8-13-9-12(4-7-15(13)22)18-17(25)19(26)21(23,24)16(31-18)10-30-20(27)28/h2-7,9,16-19,25-26H,8,10H2,1H3,(H,27,28). The smallest absolute Gasteiger partial charge is 0.497 e. The van der Waals surface area contributed by atoms with Crippen molar-refractivity contribution in [3.05, 3.63) is 65.0 Å². The minimum absolute atomic E-state index is 0.146. The average molecular weight is 442 g/mol. The van der Waals surface area contributed by atoms with Crippen LogP contribution < -0.4 is 4.74 Å². The number of rotatable bonds is 6. The molecule has 1 aliphatic rings. The van der Waals surface area contributed by atoms with Gasteiger partial charge in [-0.25, -0.2) is 18.0 Å². The minimum Gasteiger partial charge on any atom is -0.497 e. The predicted molar refractivity (Wildman–Crippen MR) is 101 cm³/mol. The van der Waals surface area contributed by atoms with Gasteiger partial charge in [-0.15, -0.1) is 0 Å². The summed E-state index contributed by atoms with van der Waals surface area (Å²) in [6.45, 7) is -1.05. The summed E-state index contributed by atoms with van der Waals surface area (Å²) < 4.78 is 57.4. The number of methoxy groups -OCH3 is 1. The van der Waals surface area contributed by atoms with Gasteiger partial charge in [0.15, 0.2) is 6.10 Å². The minimum atomic E-state index is -3.96. The second kappa shape index (κ2) is 9.13. The van der Waals surface area contributed by atoms with E-state index in [1.54, 1.807) is 24.3 Å². The normalized spacial score (nSPS) is 25.1. The molecule has 3 rings (SSSR count). The molecule has 0 aliphatic carbocycles. The van der Waals surface area contributed by atoms with Crippen LogP contribution in [0.4, 0.5) is 18.0 Å². The van der Waals surface area contributed by atoms with E-state index in [-0.39, 0.29) is 17.5 Å². The summed E-state index contributed by atoms with van der Waals surface area (Å²) in [6.07, 6.45) is -9.79. The van der Waals surface area contributed by atoms with E-state index in [0.717, 1.165) is 11.6 Å². The Bertz CT molecular complexity index is 920. The molecule has 7 nitrogen and oxygen atoms in total. The van der Waals surface area contributed by atoms with Gasteiger partial charge in [-0.2, -0.15) is 0 Å². The van der Waals surface area contributed by atoms with E-state index in [1.165, 1.54) is 19.2 Å². The molecular weight excluding hydrogens is 421 g/mol. The van der Waals surface area contributed by atoms with Gasteiger partial charge in [0, 0.05) is 6.42 Å². The zero-order valence-corrected chi connectivity index (χ0v) is 16.4. The van der Waals surface area contributed by atoms with Crippen molar-refractivity contribution >= 4 is 6.16 Å². The molecule has 0 saturated carbocycles. The summed E-state index contributed by atoms with van der Waals surface area (Å²) in [4.78, 5) is 10.6. The van der Waals surface area contributed by atoms with E-state index in [1.807, 2.05) is 0 Å². The third kappa shape index (κ3) is 4.92. The maximum absolute atomic E-state index is 14.4. The Morgan fingerprint density at radius 2 is 1.84 bits per heavy atom. The Balaban J connectivity index is 1.86. The largest absolute Gasteiger partial charge is 0.505 e. The lowest BCUT2D eigenvalue weighted by Crippen LogP contribution is -2.60. The van der Waals surface area contributed by atoms with E-state index < -0.39 is 48.9 Å². The first-order valence-corrected chi connectivity index (χ1v) is 9.30. The number of carboxylic acid groups (broad SMARTS) is 1. The molecule has 31 heavy (non-hydrogen) atoms. The maximum atomic E-state index is 14.4.